The van der Waals surface area contributed by atoms with Crippen LogP contribution in [0.2, 0.25) is 0 Å². The van der Waals surface area contributed by atoms with Gasteiger partial charge in [-0.25, -0.2) is 0 Å². The third-order valence-electron chi connectivity index (χ3n) is 1.86. The summed E-state index contributed by atoms with van der Waals surface area (Å²) in [5.74, 6) is 0. The molecular formula is C11H17NO. The van der Waals surface area contributed by atoms with Gasteiger partial charge >= 0.3 is 0 Å². The highest BCUT2D eigenvalue weighted by atomic mass is 16.5. The van der Waals surface area contributed by atoms with E-state index < -0.39 is 0 Å². The molecule has 0 unspecified atom stereocenters. The van der Waals surface area contributed by atoms with Gasteiger partial charge in [-0.15, -0.1) is 0 Å². The van der Waals surface area contributed by atoms with Crippen LogP contribution in [0.3, 0.4) is 0 Å². The number of hydrogen-bond donors (Lipinski definition) is 1. The Hall–Kier alpha value is -0.860. The maximum atomic E-state index is 5.72. The van der Waals surface area contributed by atoms with Crippen LogP contribution in [0.4, 0.5) is 0 Å². The highest BCUT2D eigenvalue weighted by Crippen LogP contribution is 2.07. The number of rotatable bonds is 4. The lowest BCUT2D eigenvalue weighted by molar-refractivity contribution is 0.185. The minimum Gasteiger partial charge on any atom is -0.380 e. The first kappa shape index (κ1) is 10.2. The summed E-state index contributed by atoms with van der Waals surface area (Å²) in [6, 6.07) is 8.58. The molecule has 1 rings (SSSR count). The van der Waals surface area contributed by atoms with Crippen LogP contribution in [0.15, 0.2) is 24.3 Å². The number of hydrogen-bond acceptors (Lipinski definition) is 2. The van der Waals surface area contributed by atoms with Gasteiger partial charge in [-0.2, -0.15) is 0 Å². The summed E-state index contributed by atoms with van der Waals surface area (Å²) in [4.78, 5) is 0. The van der Waals surface area contributed by atoms with Gasteiger partial charge < -0.3 is 10.5 Å². The van der Waals surface area contributed by atoms with Crippen LogP contribution in [0.25, 0.3) is 0 Å². The molecule has 0 aromatic heterocycles. The lowest BCUT2D eigenvalue weighted by Gasteiger charge is -2.06. The van der Waals surface area contributed by atoms with E-state index in [4.69, 9.17) is 10.5 Å². The van der Waals surface area contributed by atoms with Crippen molar-refractivity contribution in [2.45, 2.75) is 26.0 Å². The summed E-state index contributed by atoms with van der Waals surface area (Å²) >= 11 is 0. The lowest BCUT2D eigenvalue weighted by atomic mass is 10.1. The van der Waals surface area contributed by atoms with E-state index in [1.54, 1.807) is 7.11 Å². The zero-order chi connectivity index (χ0) is 9.68. The highest BCUT2D eigenvalue weighted by molar-refractivity contribution is 5.23. The van der Waals surface area contributed by atoms with E-state index in [-0.39, 0.29) is 6.04 Å². The van der Waals surface area contributed by atoms with E-state index in [0.717, 1.165) is 6.42 Å². The predicted octanol–water partition coefficient (Wildman–Crippen LogP) is 1.72. The summed E-state index contributed by atoms with van der Waals surface area (Å²) in [5, 5.41) is 0. The van der Waals surface area contributed by atoms with Crippen LogP contribution >= 0.6 is 0 Å². The van der Waals surface area contributed by atoms with E-state index in [0.29, 0.717) is 6.61 Å². The molecule has 0 aliphatic carbocycles. The minimum absolute atomic E-state index is 0.220. The first-order valence-corrected chi connectivity index (χ1v) is 4.54. The molecule has 2 nitrogen and oxygen atoms in total. The van der Waals surface area contributed by atoms with Crippen molar-refractivity contribution < 1.29 is 4.74 Å². The zero-order valence-corrected chi connectivity index (χ0v) is 8.29. The van der Waals surface area contributed by atoms with Gasteiger partial charge in [0.2, 0.25) is 0 Å². The molecule has 1 aromatic carbocycles. The topological polar surface area (TPSA) is 35.2 Å². The maximum absolute atomic E-state index is 5.72. The van der Waals surface area contributed by atoms with Crippen molar-refractivity contribution >= 4 is 0 Å². The number of ether oxygens (including phenoxy) is 1. The number of benzene rings is 1. The third-order valence-corrected chi connectivity index (χ3v) is 1.86. The Kier molecular flexibility index (Phi) is 3.93. The Morgan fingerprint density at radius 1 is 1.38 bits per heavy atom. The molecule has 0 aliphatic heterocycles. The van der Waals surface area contributed by atoms with Crippen LogP contribution in [-0.2, 0) is 17.8 Å². The van der Waals surface area contributed by atoms with Gasteiger partial charge in [0.25, 0.3) is 0 Å². The minimum atomic E-state index is 0.220. The molecule has 0 aliphatic rings. The third kappa shape index (κ3) is 3.57. The van der Waals surface area contributed by atoms with Crippen molar-refractivity contribution in [2.24, 2.45) is 5.73 Å². The average molecular weight is 179 g/mol. The Balaban J connectivity index is 2.67. The second-order valence-electron chi connectivity index (χ2n) is 3.43. The second-order valence-corrected chi connectivity index (χ2v) is 3.43. The molecule has 1 aromatic rings. The van der Waals surface area contributed by atoms with Crippen LogP contribution in [0, 0.1) is 0 Å². The lowest BCUT2D eigenvalue weighted by Crippen LogP contribution is -2.17. The van der Waals surface area contributed by atoms with Crippen LogP contribution in [-0.4, -0.2) is 13.2 Å². The first-order valence-electron chi connectivity index (χ1n) is 4.54. The Morgan fingerprint density at radius 2 is 2.08 bits per heavy atom. The molecule has 2 heteroatoms. The predicted molar refractivity (Wildman–Crippen MR) is 54.5 cm³/mol. The maximum Gasteiger partial charge on any atom is 0.0713 e. The SMILES string of the molecule is COCc1cccc(C[C@H](C)N)c1. The summed E-state index contributed by atoms with van der Waals surface area (Å²) < 4.78 is 5.06. The number of methoxy groups -OCH3 is 1. The molecule has 72 valence electrons. The summed E-state index contributed by atoms with van der Waals surface area (Å²) in [5.41, 5.74) is 8.21. The first-order chi connectivity index (χ1) is 6.22. The Bertz CT molecular complexity index is 258. The van der Waals surface area contributed by atoms with Crippen molar-refractivity contribution in [3.8, 4) is 0 Å². The second kappa shape index (κ2) is 5.00. The van der Waals surface area contributed by atoms with Crippen molar-refractivity contribution in [3.63, 3.8) is 0 Å². The average Bonchev–Trinajstić information content (AvgIpc) is 2.04. The van der Waals surface area contributed by atoms with Gasteiger partial charge in [-0.1, -0.05) is 24.3 Å². The fourth-order valence-corrected chi connectivity index (χ4v) is 1.38. The van der Waals surface area contributed by atoms with Crippen molar-refractivity contribution in [1.82, 2.24) is 0 Å². The van der Waals surface area contributed by atoms with Crippen molar-refractivity contribution in [3.05, 3.63) is 35.4 Å². The number of nitrogens with two attached hydrogens (primary N) is 1. The Morgan fingerprint density at radius 3 is 2.69 bits per heavy atom. The van der Waals surface area contributed by atoms with Crippen molar-refractivity contribution in [1.29, 1.82) is 0 Å². The van der Waals surface area contributed by atoms with E-state index >= 15 is 0 Å². The van der Waals surface area contributed by atoms with Gasteiger partial charge in [0.1, 0.15) is 0 Å². The molecule has 13 heavy (non-hydrogen) atoms. The van der Waals surface area contributed by atoms with Crippen LogP contribution in [0.5, 0.6) is 0 Å². The van der Waals surface area contributed by atoms with Crippen LogP contribution in [0.1, 0.15) is 18.1 Å². The largest absolute Gasteiger partial charge is 0.380 e. The summed E-state index contributed by atoms with van der Waals surface area (Å²) in [6.45, 7) is 2.69. The fraction of sp³-hybridized carbons (Fsp3) is 0.455. The van der Waals surface area contributed by atoms with Crippen molar-refractivity contribution in [2.75, 3.05) is 7.11 Å². The van der Waals surface area contributed by atoms with E-state index in [9.17, 15) is 0 Å². The molecule has 0 radical (unpaired) electrons. The zero-order valence-electron chi connectivity index (χ0n) is 8.29. The molecule has 2 N–H and O–H groups in total. The molecular weight excluding hydrogens is 162 g/mol. The molecule has 0 saturated heterocycles. The van der Waals surface area contributed by atoms with Crippen LogP contribution < -0.4 is 5.73 Å². The fourth-order valence-electron chi connectivity index (χ4n) is 1.38. The molecule has 0 spiro atoms. The van der Waals surface area contributed by atoms with E-state index in [1.807, 2.05) is 13.0 Å². The van der Waals surface area contributed by atoms with E-state index in [2.05, 4.69) is 18.2 Å². The quantitative estimate of drug-likeness (QED) is 0.764. The van der Waals surface area contributed by atoms with Gasteiger partial charge in [-0.3, -0.25) is 0 Å². The standard InChI is InChI=1S/C11H17NO/c1-9(12)6-10-4-3-5-11(7-10)8-13-2/h3-5,7,9H,6,8,12H2,1-2H3/t9-/m0/s1. The molecule has 1 atom stereocenters. The van der Waals surface area contributed by atoms with Gasteiger partial charge in [-0.05, 0) is 24.5 Å². The molecule has 0 bridgehead atoms. The molecule has 0 fully saturated rings. The Labute approximate surface area is 79.7 Å². The summed E-state index contributed by atoms with van der Waals surface area (Å²) in [7, 11) is 1.71. The highest BCUT2D eigenvalue weighted by Gasteiger charge is 1.98. The monoisotopic (exact) mass is 179 g/mol. The normalized spacial score (nSPS) is 12.8. The van der Waals surface area contributed by atoms with E-state index in [1.165, 1.54) is 11.1 Å². The molecule has 0 heterocycles. The summed E-state index contributed by atoms with van der Waals surface area (Å²) in [6.07, 6.45) is 0.928. The van der Waals surface area contributed by atoms with Gasteiger partial charge in [0.15, 0.2) is 0 Å². The smallest absolute Gasteiger partial charge is 0.0713 e. The molecule has 0 saturated carbocycles. The van der Waals surface area contributed by atoms with Gasteiger partial charge in [0, 0.05) is 13.2 Å². The van der Waals surface area contributed by atoms with Gasteiger partial charge in [0.05, 0.1) is 6.61 Å². The molecule has 0 amide bonds.